The van der Waals surface area contributed by atoms with E-state index in [0.29, 0.717) is 17.2 Å². The van der Waals surface area contributed by atoms with Crippen molar-refractivity contribution in [3.05, 3.63) is 95.0 Å². The topological polar surface area (TPSA) is 96.0 Å². The van der Waals surface area contributed by atoms with Gasteiger partial charge in [0.25, 0.3) is 0 Å². The molecule has 1 N–H and O–H groups in total. The Labute approximate surface area is 241 Å². The van der Waals surface area contributed by atoms with Crippen molar-refractivity contribution in [1.29, 1.82) is 0 Å². The highest BCUT2D eigenvalue weighted by Crippen LogP contribution is 2.30. The maximum Gasteiger partial charge on any atom is 0.244 e. The third-order valence-electron chi connectivity index (χ3n) is 6.57. The van der Waals surface area contributed by atoms with Gasteiger partial charge in [0, 0.05) is 24.0 Å². The normalized spacial score (nSPS) is 12.7. The predicted octanol–water partition coefficient (Wildman–Crippen LogP) is 4.67. The van der Waals surface area contributed by atoms with Crippen molar-refractivity contribution in [1.82, 2.24) is 10.2 Å². The summed E-state index contributed by atoms with van der Waals surface area (Å²) >= 11 is 6.09. The summed E-state index contributed by atoms with van der Waals surface area (Å²) in [6, 6.07) is 22.0. The molecule has 3 rings (SSSR count). The Morgan fingerprint density at radius 1 is 0.950 bits per heavy atom. The van der Waals surface area contributed by atoms with Crippen molar-refractivity contribution in [2.24, 2.45) is 0 Å². The van der Waals surface area contributed by atoms with E-state index in [9.17, 15) is 18.0 Å². The third kappa shape index (κ3) is 8.47. The molecule has 40 heavy (non-hydrogen) atoms. The van der Waals surface area contributed by atoms with Crippen LogP contribution in [0.15, 0.2) is 78.9 Å². The van der Waals surface area contributed by atoms with E-state index in [4.69, 9.17) is 16.3 Å². The van der Waals surface area contributed by atoms with Crippen LogP contribution < -0.4 is 14.4 Å². The lowest BCUT2D eigenvalue weighted by Gasteiger charge is -2.34. The largest absolute Gasteiger partial charge is 0.495 e. The number of hydrogen-bond donors (Lipinski definition) is 1. The van der Waals surface area contributed by atoms with Crippen molar-refractivity contribution in [3.63, 3.8) is 0 Å². The first-order chi connectivity index (χ1) is 19.0. The van der Waals surface area contributed by atoms with Gasteiger partial charge in [-0.3, -0.25) is 13.9 Å². The first-order valence-corrected chi connectivity index (χ1v) is 15.2. The molecule has 0 aliphatic rings. The minimum Gasteiger partial charge on any atom is -0.495 e. The van der Waals surface area contributed by atoms with Crippen LogP contribution in [0, 0.1) is 0 Å². The summed E-state index contributed by atoms with van der Waals surface area (Å²) in [5.74, 6) is -0.546. The first kappa shape index (κ1) is 31.0. The monoisotopic (exact) mass is 585 g/mol. The number of carbonyl (C=O) groups excluding carboxylic acids is 2. The van der Waals surface area contributed by atoms with Crippen LogP contribution >= 0.6 is 11.6 Å². The Kier molecular flexibility index (Phi) is 11.0. The van der Waals surface area contributed by atoms with Crippen LogP contribution in [0.1, 0.15) is 31.4 Å². The number of rotatable bonds is 13. The van der Waals surface area contributed by atoms with Gasteiger partial charge in [-0.1, -0.05) is 73.1 Å². The molecular formula is C30H36ClN3O5S. The molecule has 0 unspecified atom stereocenters. The van der Waals surface area contributed by atoms with E-state index in [1.807, 2.05) is 44.2 Å². The lowest BCUT2D eigenvalue weighted by Crippen LogP contribution is -2.54. The molecule has 0 aromatic heterocycles. The molecule has 0 fully saturated rings. The molecule has 0 bridgehead atoms. The van der Waals surface area contributed by atoms with Gasteiger partial charge in [0.2, 0.25) is 21.8 Å². The summed E-state index contributed by atoms with van der Waals surface area (Å²) in [5, 5.41) is 3.55. The second-order valence-electron chi connectivity index (χ2n) is 9.61. The summed E-state index contributed by atoms with van der Waals surface area (Å²) in [6.07, 6.45) is 1.99. The van der Waals surface area contributed by atoms with Gasteiger partial charge in [-0.25, -0.2) is 8.42 Å². The molecule has 0 saturated heterocycles. The lowest BCUT2D eigenvalue weighted by molar-refractivity contribution is -0.140. The summed E-state index contributed by atoms with van der Waals surface area (Å²) in [4.78, 5) is 29.2. The number of nitrogens with one attached hydrogen (secondary N) is 1. The molecule has 214 valence electrons. The Hall–Kier alpha value is -3.56. The van der Waals surface area contributed by atoms with Crippen LogP contribution in [0.3, 0.4) is 0 Å². The number of ether oxygens (including phenoxy) is 1. The molecule has 0 spiro atoms. The summed E-state index contributed by atoms with van der Waals surface area (Å²) < 4.78 is 32.3. The molecule has 10 heteroatoms. The second-order valence-corrected chi connectivity index (χ2v) is 12.0. The third-order valence-corrected chi connectivity index (χ3v) is 7.95. The Morgan fingerprint density at radius 3 is 2.17 bits per heavy atom. The summed E-state index contributed by atoms with van der Waals surface area (Å²) in [5.41, 5.74) is 1.84. The lowest BCUT2D eigenvalue weighted by atomic mass is 10.0. The molecule has 0 radical (unpaired) electrons. The number of sulfonamides is 1. The number of nitrogens with zero attached hydrogens (tertiary/aromatic N) is 2. The smallest absolute Gasteiger partial charge is 0.244 e. The van der Waals surface area contributed by atoms with Crippen molar-refractivity contribution in [3.8, 4) is 5.75 Å². The van der Waals surface area contributed by atoms with E-state index in [2.05, 4.69) is 5.32 Å². The van der Waals surface area contributed by atoms with Crippen molar-refractivity contribution in [2.45, 2.75) is 45.3 Å². The Balaban J connectivity index is 2.07. The first-order valence-electron chi connectivity index (χ1n) is 13.0. The average Bonchev–Trinajstić information content (AvgIpc) is 2.94. The fraction of sp³-hybridized carbons (Fsp3) is 0.333. The fourth-order valence-electron chi connectivity index (χ4n) is 4.21. The summed E-state index contributed by atoms with van der Waals surface area (Å²) in [7, 11) is -2.46. The van der Waals surface area contributed by atoms with Gasteiger partial charge in [0.15, 0.2) is 0 Å². The van der Waals surface area contributed by atoms with E-state index in [1.54, 1.807) is 48.5 Å². The van der Waals surface area contributed by atoms with Crippen molar-refractivity contribution in [2.75, 3.05) is 24.2 Å². The van der Waals surface area contributed by atoms with Crippen molar-refractivity contribution >= 4 is 39.1 Å². The maximum absolute atomic E-state index is 14.1. The zero-order chi connectivity index (χ0) is 29.3. The van der Waals surface area contributed by atoms with Gasteiger partial charge >= 0.3 is 0 Å². The molecule has 2 atom stereocenters. The van der Waals surface area contributed by atoms with Crippen LogP contribution in [0.5, 0.6) is 5.75 Å². The number of hydrogen-bond acceptors (Lipinski definition) is 5. The number of benzene rings is 3. The zero-order valence-electron chi connectivity index (χ0n) is 23.2. The predicted molar refractivity (Wildman–Crippen MR) is 159 cm³/mol. The van der Waals surface area contributed by atoms with Crippen molar-refractivity contribution < 1.29 is 22.7 Å². The van der Waals surface area contributed by atoms with Gasteiger partial charge in [0.1, 0.15) is 18.3 Å². The number of para-hydroxylation sites is 2. The van der Waals surface area contributed by atoms with E-state index < -0.39 is 28.5 Å². The molecule has 0 saturated carbocycles. The van der Waals surface area contributed by atoms with Crippen LogP contribution in [-0.4, -0.2) is 57.1 Å². The standard InChI is InChI=1S/C30H36ClN3O5S/c1-5-22(2)32-30(36)27(19-23-11-7-6-8-12-23)33(20-24-15-17-25(31)18-16-24)29(35)21-34(40(4,37)38)26-13-9-10-14-28(26)39-3/h6-18,22,27H,5,19-21H2,1-4H3,(H,32,36)/t22-,27+/m1/s1. The second kappa shape index (κ2) is 14.2. The zero-order valence-corrected chi connectivity index (χ0v) is 24.8. The minimum atomic E-state index is -3.90. The molecular weight excluding hydrogens is 550 g/mol. The van der Waals surface area contributed by atoms with Gasteiger partial charge in [0.05, 0.1) is 19.1 Å². The SMILES string of the molecule is CC[C@@H](C)NC(=O)[C@H](Cc1ccccc1)N(Cc1ccc(Cl)cc1)C(=O)CN(c1ccccc1OC)S(C)(=O)=O. The average molecular weight is 586 g/mol. The fourth-order valence-corrected chi connectivity index (χ4v) is 5.19. The summed E-state index contributed by atoms with van der Waals surface area (Å²) in [6.45, 7) is 3.42. The number of methoxy groups -OCH3 is 1. The van der Waals surface area contributed by atoms with Gasteiger partial charge in [-0.05, 0) is 48.7 Å². The van der Waals surface area contributed by atoms with Crippen LogP contribution in [-0.2, 0) is 32.6 Å². The molecule has 2 amide bonds. The van der Waals surface area contributed by atoms with Gasteiger partial charge < -0.3 is 15.0 Å². The highest BCUT2D eigenvalue weighted by Gasteiger charge is 2.34. The van der Waals surface area contributed by atoms with Gasteiger partial charge in [-0.15, -0.1) is 0 Å². The molecule has 8 nitrogen and oxygen atoms in total. The Morgan fingerprint density at radius 2 is 1.57 bits per heavy atom. The van der Waals surface area contributed by atoms with E-state index in [-0.39, 0.29) is 30.6 Å². The Bertz CT molecular complexity index is 1380. The number of carbonyl (C=O) groups is 2. The quantitative estimate of drug-likeness (QED) is 0.314. The number of amides is 2. The van der Waals surface area contributed by atoms with Crippen LogP contribution in [0.2, 0.25) is 5.02 Å². The molecule has 0 heterocycles. The molecule has 3 aromatic carbocycles. The number of anilines is 1. The minimum absolute atomic E-state index is 0.0744. The highest BCUT2D eigenvalue weighted by molar-refractivity contribution is 7.92. The maximum atomic E-state index is 14.1. The molecule has 0 aliphatic heterocycles. The highest BCUT2D eigenvalue weighted by atomic mass is 35.5. The molecule has 0 aliphatic carbocycles. The van der Waals surface area contributed by atoms with Crippen LogP contribution in [0.4, 0.5) is 5.69 Å². The van der Waals surface area contributed by atoms with E-state index in [0.717, 1.165) is 21.7 Å². The van der Waals surface area contributed by atoms with Crippen LogP contribution in [0.25, 0.3) is 0 Å². The number of halogens is 1. The molecule has 3 aromatic rings. The van der Waals surface area contributed by atoms with E-state index in [1.165, 1.54) is 12.0 Å². The van der Waals surface area contributed by atoms with Gasteiger partial charge in [-0.2, -0.15) is 0 Å². The van der Waals surface area contributed by atoms with E-state index >= 15 is 0 Å².